The van der Waals surface area contributed by atoms with Gasteiger partial charge in [0.15, 0.2) is 0 Å². The van der Waals surface area contributed by atoms with E-state index in [0.29, 0.717) is 0 Å². The van der Waals surface area contributed by atoms with E-state index in [1.165, 1.54) is 0 Å². The largest absolute Gasteiger partial charge is 0.271 e. The summed E-state index contributed by atoms with van der Waals surface area (Å²) in [5, 5.41) is 0. The van der Waals surface area contributed by atoms with Gasteiger partial charge in [0.25, 0.3) is 0 Å². The smallest absolute Gasteiger partial charge is 0.0683 e. The quantitative estimate of drug-likeness (QED) is 0.430. The molecule has 3 heteroatoms. The van der Waals surface area contributed by atoms with Crippen molar-refractivity contribution >= 4 is 0 Å². The van der Waals surface area contributed by atoms with E-state index in [4.69, 9.17) is 5.84 Å². The minimum atomic E-state index is 0.972. The van der Waals surface area contributed by atoms with Gasteiger partial charge < -0.3 is 0 Å². The molecule has 0 aromatic carbocycles. The topological polar surface area (TPSA) is 50.9 Å². The molecule has 0 amide bonds. The molecule has 3 N–H and O–H groups in total. The van der Waals surface area contributed by atoms with Crippen LogP contribution in [0, 0.1) is 6.54 Å². The number of hydrazine groups is 1. The maximum Gasteiger partial charge on any atom is 0.0683 e. The molecule has 1 heterocycles. The normalized spacial score (nSPS) is 9.44. The second-order valence-corrected chi connectivity index (χ2v) is 1.60. The van der Waals surface area contributed by atoms with Crippen molar-refractivity contribution in [2.75, 3.05) is 0 Å². The lowest BCUT2D eigenvalue weighted by atomic mass is 10.3. The van der Waals surface area contributed by atoms with Gasteiger partial charge in [0, 0.05) is 12.4 Å². The minimum absolute atomic E-state index is 0.972. The number of hydrogen-bond acceptors (Lipinski definition) is 3. The lowest BCUT2D eigenvalue weighted by Gasteiger charge is -1.94. The zero-order valence-electron chi connectivity index (χ0n) is 4.91. The van der Waals surface area contributed by atoms with Crippen molar-refractivity contribution in [2.45, 2.75) is 0 Å². The number of pyridine rings is 1. The van der Waals surface area contributed by atoms with E-state index < -0.39 is 0 Å². The molecule has 0 aliphatic rings. The van der Waals surface area contributed by atoms with Crippen LogP contribution in [0.5, 0.6) is 0 Å². The lowest BCUT2D eigenvalue weighted by molar-refractivity contribution is 0.894. The van der Waals surface area contributed by atoms with Crippen LogP contribution in [0.3, 0.4) is 0 Å². The van der Waals surface area contributed by atoms with Crippen molar-refractivity contribution in [3.8, 4) is 0 Å². The number of rotatable bonds is 2. The van der Waals surface area contributed by atoms with E-state index in [1.807, 2.05) is 12.1 Å². The van der Waals surface area contributed by atoms with Crippen molar-refractivity contribution < 1.29 is 0 Å². The van der Waals surface area contributed by atoms with Crippen LogP contribution < -0.4 is 11.3 Å². The third-order valence-corrected chi connectivity index (χ3v) is 0.934. The first-order chi connectivity index (χ1) is 4.43. The van der Waals surface area contributed by atoms with Gasteiger partial charge in [-0.25, -0.2) is 0 Å². The van der Waals surface area contributed by atoms with Crippen LogP contribution in [0.15, 0.2) is 24.5 Å². The van der Waals surface area contributed by atoms with Gasteiger partial charge >= 0.3 is 0 Å². The third-order valence-electron chi connectivity index (χ3n) is 0.934. The molecule has 0 aliphatic heterocycles. The number of aromatic nitrogens is 1. The van der Waals surface area contributed by atoms with Crippen LogP contribution in [0.1, 0.15) is 5.56 Å². The van der Waals surface area contributed by atoms with Gasteiger partial charge in [0.05, 0.1) is 6.54 Å². The van der Waals surface area contributed by atoms with Crippen LogP contribution in [0.4, 0.5) is 0 Å². The molecule has 1 rings (SSSR count). The molecule has 0 atom stereocenters. The average Bonchev–Trinajstić information content (AvgIpc) is 1.91. The Balaban J connectivity index is 2.61. The highest BCUT2D eigenvalue weighted by Gasteiger charge is 1.85. The summed E-state index contributed by atoms with van der Waals surface area (Å²) >= 11 is 0. The molecule has 1 aromatic heterocycles. The summed E-state index contributed by atoms with van der Waals surface area (Å²) in [6, 6.07) is 3.76. The molecule has 0 saturated carbocycles. The zero-order valence-corrected chi connectivity index (χ0v) is 4.91. The van der Waals surface area contributed by atoms with Gasteiger partial charge in [-0.2, -0.15) is 0 Å². The molecule has 0 spiro atoms. The summed E-state index contributed by atoms with van der Waals surface area (Å²) < 4.78 is 0. The van der Waals surface area contributed by atoms with Crippen LogP contribution in [0.2, 0.25) is 0 Å². The third kappa shape index (κ3) is 1.79. The van der Waals surface area contributed by atoms with Gasteiger partial charge in [0.2, 0.25) is 0 Å². The molecule has 0 bridgehead atoms. The second kappa shape index (κ2) is 3.17. The van der Waals surface area contributed by atoms with Gasteiger partial charge in [0.1, 0.15) is 0 Å². The van der Waals surface area contributed by atoms with Gasteiger partial charge in [-0.05, 0) is 11.6 Å². The standard InChI is InChI=1S/C6H8N3/c7-9-5-6-2-1-3-8-4-6/h1-5,9H,7H2. The first-order valence-corrected chi connectivity index (χ1v) is 2.63. The fraction of sp³-hybridized carbons (Fsp3) is 0. The monoisotopic (exact) mass is 122 g/mol. The van der Waals surface area contributed by atoms with Gasteiger partial charge in [-0.15, -0.1) is 0 Å². The maximum absolute atomic E-state index is 5.03. The molecule has 0 aliphatic carbocycles. The summed E-state index contributed by atoms with van der Waals surface area (Å²) in [5.41, 5.74) is 3.39. The van der Waals surface area contributed by atoms with E-state index in [1.54, 1.807) is 18.9 Å². The van der Waals surface area contributed by atoms with Crippen molar-refractivity contribution in [3.05, 3.63) is 36.6 Å². The summed E-state index contributed by atoms with van der Waals surface area (Å²) in [6.07, 6.45) is 3.44. The highest BCUT2D eigenvalue weighted by atomic mass is 15.2. The Morgan fingerprint density at radius 3 is 3.11 bits per heavy atom. The van der Waals surface area contributed by atoms with E-state index in [0.717, 1.165) is 5.56 Å². The Hall–Kier alpha value is -0.930. The Kier molecular flexibility index (Phi) is 2.18. The zero-order chi connectivity index (χ0) is 6.53. The predicted molar refractivity (Wildman–Crippen MR) is 35.0 cm³/mol. The molecule has 0 unspecified atom stereocenters. The van der Waals surface area contributed by atoms with Crippen molar-refractivity contribution in [1.29, 1.82) is 0 Å². The van der Waals surface area contributed by atoms with Gasteiger partial charge in [-0.1, -0.05) is 6.07 Å². The highest BCUT2D eigenvalue weighted by molar-refractivity contribution is 5.16. The Morgan fingerprint density at radius 2 is 2.56 bits per heavy atom. The fourth-order valence-corrected chi connectivity index (χ4v) is 0.558. The van der Waals surface area contributed by atoms with E-state index >= 15 is 0 Å². The molecule has 0 saturated heterocycles. The lowest BCUT2D eigenvalue weighted by Crippen LogP contribution is -2.18. The van der Waals surface area contributed by atoms with Crippen molar-refractivity contribution in [3.63, 3.8) is 0 Å². The molecule has 1 aromatic rings. The predicted octanol–water partition coefficient (Wildman–Crippen LogP) is 0.0548. The summed E-state index contributed by atoms with van der Waals surface area (Å²) in [7, 11) is 0. The number of nitrogens with zero attached hydrogens (tertiary/aromatic N) is 1. The van der Waals surface area contributed by atoms with Crippen molar-refractivity contribution in [2.24, 2.45) is 5.84 Å². The number of nitrogens with one attached hydrogen (secondary N) is 1. The second-order valence-electron chi connectivity index (χ2n) is 1.60. The van der Waals surface area contributed by atoms with Crippen LogP contribution in [-0.2, 0) is 0 Å². The molecular formula is C6H8N3. The number of hydrogen-bond donors (Lipinski definition) is 2. The summed E-state index contributed by atoms with van der Waals surface area (Å²) in [5.74, 6) is 5.03. The van der Waals surface area contributed by atoms with Crippen LogP contribution in [0.25, 0.3) is 0 Å². The minimum Gasteiger partial charge on any atom is -0.271 e. The maximum atomic E-state index is 5.03. The first kappa shape index (κ1) is 6.19. The molecular weight excluding hydrogens is 114 g/mol. The Bertz CT molecular complexity index is 161. The summed E-state index contributed by atoms with van der Waals surface area (Å²) in [4.78, 5) is 3.88. The van der Waals surface area contributed by atoms with Crippen LogP contribution >= 0.6 is 0 Å². The van der Waals surface area contributed by atoms with Crippen LogP contribution in [-0.4, -0.2) is 4.98 Å². The molecule has 0 fully saturated rings. The molecule has 1 radical (unpaired) electrons. The SMILES string of the molecule is NN[CH]c1cccnc1. The van der Waals surface area contributed by atoms with Crippen molar-refractivity contribution in [1.82, 2.24) is 10.4 Å². The first-order valence-electron chi connectivity index (χ1n) is 2.63. The molecule has 3 nitrogen and oxygen atoms in total. The summed E-state index contributed by atoms with van der Waals surface area (Å²) in [6.45, 7) is 1.67. The highest BCUT2D eigenvalue weighted by Crippen LogP contribution is 1.93. The molecule has 47 valence electrons. The average molecular weight is 122 g/mol. The van der Waals surface area contributed by atoms with Gasteiger partial charge in [-0.3, -0.25) is 16.3 Å². The Labute approximate surface area is 53.9 Å². The van der Waals surface area contributed by atoms with E-state index in [9.17, 15) is 0 Å². The Morgan fingerprint density at radius 1 is 1.67 bits per heavy atom. The fourth-order valence-electron chi connectivity index (χ4n) is 0.558. The number of nitrogens with two attached hydrogens (primary N) is 1. The van der Waals surface area contributed by atoms with E-state index in [-0.39, 0.29) is 0 Å². The molecule has 9 heavy (non-hydrogen) atoms. The van der Waals surface area contributed by atoms with E-state index in [2.05, 4.69) is 10.4 Å².